The summed E-state index contributed by atoms with van der Waals surface area (Å²) < 4.78 is 68.4. The van der Waals surface area contributed by atoms with Crippen molar-refractivity contribution in [2.75, 3.05) is 39.6 Å². The maximum Gasteiger partial charge on any atom is 0.472 e. The summed E-state index contributed by atoms with van der Waals surface area (Å²) in [6.45, 7) is 4.66. The summed E-state index contributed by atoms with van der Waals surface area (Å²) in [5, 5.41) is 10.6. The van der Waals surface area contributed by atoms with Crippen molar-refractivity contribution < 1.29 is 80.2 Å². The molecule has 5 unspecified atom stereocenters. The van der Waals surface area contributed by atoms with Gasteiger partial charge in [-0.15, -0.1) is 0 Å². The number of aliphatic hydroxyl groups is 1. The lowest BCUT2D eigenvalue weighted by Crippen LogP contribution is -2.30. The first-order valence-corrected chi connectivity index (χ1v) is 41.5. The zero-order chi connectivity index (χ0) is 71.8. The van der Waals surface area contributed by atoms with Crippen LogP contribution < -0.4 is 0 Å². The monoisotopic (exact) mass is 1420 g/mol. The lowest BCUT2D eigenvalue weighted by Gasteiger charge is -2.21. The number of phosphoric ester groups is 2. The van der Waals surface area contributed by atoms with Crippen LogP contribution in [0.5, 0.6) is 0 Å². The van der Waals surface area contributed by atoms with E-state index in [0.717, 1.165) is 141 Å². The van der Waals surface area contributed by atoms with E-state index < -0.39 is 97.5 Å². The van der Waals surface area contributed by atoms with Gasteiger partial charge in [-0.1, -0.05) is 292 Å². The van der Waals surface area contributed by atoms with Gasteiger partial charge in [0.1, 0.15) is 19.3 Å². The van der Waals surface area contributed by atoms with Gasteiger partial charge < -0.3 is 33.8 Å². The van der Waals surface area contributed by atoms with Crippen molar-refractivity contribution in [2.45, 2.75) is 341 Å². The predicted octanol–water partition coefficient (Wildman–Crippen LogP) is 22.0. The quantitative estimate of drug-likeness (QED) is 0.0169. The van der Waals surface area contributed by atoms with Crippen molar-refractivity contribution in [3.8, 4) is 0 Å². The average molecular weight is 1420 g/mol. The molecule has 0 amide bonds. The zero-order valence-electron chi connectivity index (χ0n) is 61.7. The third kappa shape index (κ3) is 70.4. The molecule has 0 aromatic rings. The van der Waals surface area contributed by atoms with Gasteiger partial charge in [0.2, 0.25) is 0 Å². The molecule has 0 spiro atoms. The van der Waals surface area contributed by atoms with E-state index in [1.807, 2.05) is 12.2 Å². The molecule has 0 aliphatic heterocycles. The fourth-order valence-corrected chi connectivity index (χ4v) is 11.8. The maximum absolute atomic E-state index is 13.1. The summed E-state index contributed by atoms with van der Waals surface area (Å²) in [6.07, 6.45) is 74.1. The summed E-state index contributed by atoms with van der Waals surface area (Å²) in [4.78, 5) is 72.7. The van der Waals surface area contributed by atoms with Crippen molar-refractivity contribution in [1.82, 2.24) is 0 Å². The Hall–Kier alpha value is -4.02. The van der Waals surface area contributed by atoms with Crippen LogP contribution in [0.3, 0.4) is 0 Å². The van der Waals surface area contributed by atoms with E-state index in [0.29, 0.717) is 32.1 Å². The van der Waals surface area contributed by atoms with Gasteiger partial charge in [0.05, 0.1) is 26.4 Å². The number of rotatable bonds is 72. The van der Waals surface area contributed by atoms with Crippen LogP contribution in [-0.2, 0) is 65.4 Å². The Labute approximate surface area is 595 Å². The fraction of sp³-hybridized carbons (Fsp3) is 0.747. The van der Waals surface area contributed by atoms with Gasteiger partial charge in [0.25, 0.3) is 0 Å². The number of unbranched alkanes of at least 4 members (excludes halogenated alkanes) is 30. The van der Waals surface area contributed by atoms with E-state index in [2.05, 4.69) is 113 Å². The Morgan fingerprint density at radius 1 is 0.296 bits per heavy atom. The molecule has 98 heavy (non-hydrogen) atoms. The highest BCUT2D eigenvalue weighted by atomic mass is 31.2. The molecule has 0 aromatic carbocycles. The van der Waals surface area contributed by atoms with Crippen LogP contribution in [0.1, 0.15) is 323 Å². The van der Waals surface area contributed by atoms with Gasteiger partial charge in [-0.2, -0.15) is 0 Å². The number of hydrogen-bond donors (Lipinski definition) is 3. The van der Waals surface area contributed by atoms with Gasteiger partial charge in [-0.05, 0) is 103 Å². The number of ether oxygens (including phenoxy) is 4. The summed E-state index contributed by atoms with van der Waals surface area (Å²) >= 11 is 0. The van der Waals surface area contributed by atoms with Gasteiger partial charge >= 0.3 is 39.5 Å². The van der Waals surface area contributed by atoms with E-state index in [-0.39, 0.29) is 25.7 Å². The molecular weight excluding hydrogens is 1280 g/mol. The second kappa shape index (κ2) is 71.4. The normalized spacial score (nSPS) is 14.5. The largest absolute Gasteiger partial charge is 0.472 e. The van der Waals surface area contributed by atoms with E-state index in [9.17, 15) is 43.2 Å². The molecule has 0 aromatic heterocycles. The number of carbonyl (C=O) groups excluding carboxylic acids is 4. The van der Waals surface area contributed by atoms with Crippen LogP contribution in [0.4, 0.5) is 0 Å². The number of carbonyl (C=O) groups is 4. The lowest BCUT2D eigenvalue weighted by molar-refractivity contribution is -0.161. The Kier molecular flexibility index (Phi) is 68.4. The molecule has 19 heteroatoms. The predicted molar refractivity (Wildman–Crippen MR) is 399 cm³/mol. The van der Waals surface area contributed by atoms with Crippen LogP contribution in [-0.4, -0.2) is 96.7 Å². The Balaban J connectivity index is 5.31. The first-order chi connectivity index (χ1) is 47.7. The fourth-order valence-electron chi connectivity index (χ4n) is 10.2. The highest BCUT2D eigenvalue weighted by molar-refractivity contribution is 7.47. The molecular formula is C79H138O17P2. The molecule has 0 bridgehead atoms. The standard InChI is InChI=1S/C79H138O17P2/c1-5-9-13-17-21-25-29-31-33-35-36-38-40-42-46-48-52-56-60-64-77(82)90-70-75(96-79(84)66-62-58-54-50-44-28-24-20-16-12-8-4)72-94-98(87,88)92-68-73(80)67-91-97(85,86)93-71-74(95-78(83)65-61-57-53-49-43-27-23-19-15-11-7-3)69-89-76(81)63-59-55-51-47-45-41-39-37-34-32-30-26-22-18-14-10-6-2/h10,14,21-22,25-26,31-34,36,38-39,41,47,51,73-75,80H,5-9,11-13,15-20,23-24,27-30,35,37,40,42-46,48-50,52-72H2,1-4H3,(H,85,86)(H,87,88)/b14-10-,25-21-,26-22-,33-31-,34-32-,38-36-,41-39-,51-47-. The number of phosphoric acid groups is 2. The van der Waals surface area contributed by atoms with Crippen molar-refractivity contribution in [2.24, 2.45) is 0 Å². The van der Waals surface area contributed by atoms with Gasteiger partial charge in [-0.25, -0.2) is 9.13 Å². The van der Waals surface area contributed by atoms with Gasteiger partial charge in [0, 0.05) is 25.7 Å². The summed E-state index contributed by atoms with van der Waals surface area (Å²) in [5.41, 5.74) is 0. The molecule has 0 radical (unpaired) electrons. The SMILES string of the molecule is CC/C=C\C/C=C\C/C=C\C/C=C\C/C=C\CCCC(=O)OCC(COP(=O)(O)OCC(O)COP(=O)(O)OCC(COC(=O)CCCCCCCC/C=C\C/C=C\C/C=C\CCCCC)OC(=O)CCCCCCCCCCCCC)OC(=O)CCCCCCCCCCCCC. The number of allylic oxidation sites excluding steroid dienone is 16. The minimum atomic E-state index is -4.98. The molecule has 17 nitrogen and oxygen atoms in total. The summed E-state index contributed by atoms with van der Waals surface area (Å²) in [6, 6.07) is 0. The zero-order valence-corrected chi connectivity index (χ0v) is 63.5. The van der Waals surface area contributed by atoms with Crippen molar-refractivity contribution in [1.29, 1.82) is 0 Å². The Bertz CT molecular complexity index is 2240. The maximum atomic E-state index is 13.1. The van der Waals surface area contributed by atoms with Crippen molar-refractivity contribution in [3.05, 3.63) is 97.2 Å². The first-order valence-electron chi connectivity index (χ1n) is 38.5. The van der Waals surface area contributed by atoms with Crippen LogP contribution in [0.2, 0.25) is 0 Å². The van der Waals surface area contributed by atoms with E-state index >= 15 is 0 Å². The highest BCUT2D eigenvalue weighted by Gasteiger charge is 2.30. The third-order valence-corrected chi connectivity index (χ3v) is 18.0. The molecule has 0 saturated carbocycles. The first kappa shape index (κ1) is 94.0. The Morgan fingerprint density at radius 2 is 0.541 bits per heavy atom. The number of esters is 4. The molecule has 3 N–H and O–H groups in total. The lowest BCUT2D eigenvalue weighted by atomic mass is 10.1. The van der Waals surface area contributed by atoms with Gasteiger partial charge in [-0.3, -0.25) is 37.3 Å². The molecule has 0 saturated heterocycles. The minimum absolute atomic E-state index is 0.0850. The van der Waals surface area contributed by atoms with E-state index in [1.54, 1.807) is 0 Å². The molecule has 0 fully saturated rings. The third-order valence-electron chi connectivity index (χ3n) is 16.1. The minimum Gasteiger partial charge on any atom is -0.462 e. The molecule has 0 aliphatic rings. The van der Waals surface area contributed by atoms with Crippen LogP contribution >= 0.6 is 15.6 Å². The highest BCUT2D eigenvalue weighted by Crippen LogP contribution is 2.45. The van der Waals surface area contributed by atoms with E-state index in [4.69, 9.17) is 37.0 Å². The van der Waals surface area contributed by atoms with Crippen molar-refractivity contribution >= 4 is 39.5 Å². The van der Waals surface area contributed by atoms with Gasteiger partial charge in [0.15, 0.2) is 12.2 Å². The second-order valence-corrected chi connectivity index (χ2v) is 28.5. The second-order valence-electron chi connectivity index (χ2n) is 25.6. The average Bonchev–Trinajstić information content (AvgIpc) is 0.983. The number of aliphatic hydroxyl groups excluding tert-OH is 1. The van der Waals surface area contributed by atoms with E-state index in [1.165, 1.54) is 96.3 Å². The molecule has 0 rings (SSSR count). The van der Waals surface area contributed by atoms with Crippen LogP contribution in [0, 0.1) is 0 Å². The molecule has 566 valence electrons. The topological polar surface area (TPSA) is 237 Å². The summed E-state index contributed by atoms with van der Waals surface area (Å²) in [5.74, 6) is -2.24. The molecule has 0 aliphatic carbocycles. The van der Waals surface area contributed by atoms with Crippen LogP contribution in [0.15, 0.2) is 97.2 Å². The smallest absolute Gasteiger partial charge is 0.462 e. The molecule has 0 heterocycles. The van der Waals surface area contributed by atoms with Crippen molar-refractivity contribution in [3.63, 3.8) is 0 Å². The molecule has 5 atom stereocenters. The van der Waals surface area contributed by atoms with Crippen LogP contribution in [0.25, 0.3) is 0 Å². The summed E-state index contributed by atoms with van der Waals surface area (Å²) in [7, 11) is -9.95. The number of hydrogen-bond acceptors (Lipinski definition) is 15. The Morgan fingerprint density at radius 3 is 0.878 bits per heavy atom.